The molecule has 2 aliphatic heterocycles. The minimum absolute atomic E-state index is 0.136. The molecule has 0 saturated carbocycles. The fourth-order valence-electron chi connectivity index (χ4n) is 6.30. The van der Waals surface area contributed by atoms with Crippen molar-refractivity contribution in [1.29, 1.82) is 0 Å². The van der Waals surface area contributed by atoms with Crippen LogP contribution >= 0.6 is 0 Å². The van der Waals surface area contributed by atoms with Crippen LogP contribution in [0.4, 0.5) is 0 Å². The van der Waals surface area contributed by atoms with Crippen LogP contribution in [-0.4, -0.2) is 18.7 Å². The lowest BCUT2D eigenvalue weighted by atomic mass is 9.78. The van der Waals surface area contributed by atoms with E-state index in [1.165, 1.54) is 44.9 Å². The van der Waals surface area contributed by atoms with Gasteiger partial charge in [-0.1, -0.05) is 72.6 Å². The zero-order chi connectivity index (χ0) is 25.8. The van der Waals surface area contributed by atoms with Gasteiger partial charge in [-0.2, -0.15) is 0 Å². The number of esters is 1. The van der Waals surface area contributed by atoms with Crippen molar-refractivity contribution in [3.8, 4) is 11.5 Å². The normalized spacial score (nSPS) is 22.9. The molecule has 0 amide bonds. The minimum Gasteiger partial charge on any atom is -0.496 e. The van der Waals surface area contributed by atoms with Crippen LogP contribution in [0.5, 0.6) is 11.5 Å². The topological polar surface area (TPSA) is 44.8 Å². The Morgan fingerprint density at radius 1 is 0.886 bits per heavy atom. The van der Waals surface area contributed by atoms with Crippen LogP contribution in [-0.2, 0) is 9.53 Å². The van der Waals surface area contributed by atoms with E-state index >= 15 is 0 Å². The molecule has 0 radical (unpaired) electrons. The SMILES string of the molecule is COc1c(C)c(C)c2c(c1C)[C@H]1C[C@](CCC[C@H](C)CCC[C@H](C)CCCC(C)C)(CC(=O)O1)O2. The van der Waals surface area contributed by atoms with E-state index in [4.69, 9.17) is 14.2 Å². The molecule has 0 aromatic heterocycles. The first kappa shape index (κ1) is 27.9. The number of benzene rings is 1. The summed E-state index contributed by atoms with van der Waals surface area (Å²) in [5.41, 5.74) is 3.81. The Morgan fingerprint density at radius 2 is 1.49 bits per heavy atom. The lowest BCUT2D eigenvalue weighted by Crippen LogP contribution is -2.48. The fourth-order valence-corrected chi connectivity index (χ4v) is 6.30. The monoisotopic (exact) mass is 486 g/mol. The fraction of sp³-hybridized carbons (Fsp3) is 0.774. The summed E-state index contributed by atoms with van der Waals surface area (Å²) in [5, 5.41) is 0. The molecule has 198 valence electrons. The van der Waals surface area contributed by atoms with E-state index in [1.54, 1.807) is 7.11 Å². The molecule has 1 aromatic rings. The molecule has 2 aliphatic rings. The van der Waals surface area contributed by atoms with Crippen LogP contribution in [0.25, 0.3) is 0 Å². The summed E-state index contributed by atoms with van der Waals surface area (Å²) in [6.45, 7) is 15.7. The van der Waals surface area contributed by atoms with Gasteiger partial charge in [0.15, 0.2) is 0 Å². The standard InChI is InChI=1S/C31H50O4/c1-20(2)12-9-13-21(3)14-10-15-22(4)16-11-17-31-18-26(34-27(32)19-31)28-25(7)29(33-8)23(5)24(6)30(28)35-31/h20-22,26H,9-19H2,1-8H3/t21-,22-,26-,31-/m1/s1. The average molecular weight is 487 g/mol. The summed E-state index contributed by atoms with van der Waals surface area (Å²) in [6.07, 6.45) is 12.1. The number of rotatable bonds is 13. The average Bonchev–Trinajstić information content (AvgIpc) is 2.77. The van der Waals surface area contributed by atoms with E-state index in [2.05, 4.69) is 48.5 Å². The molecule has 1 aromatic carbocycles. The van der Waals surface area contributed by atoms with Crippen LogP contribution in [0, 0.1) is 38.5 Å². The Kier molecular flexibility index (Phi) is 9.57. The van der Waals surface area contributed by atoms with Gasteiger partial charge in [0.25, 0.3) is 0 Å². The summed E-state index contributed by atoms with van der Waals surface area (Å²) in [4.78, 5) is 12.6. The number of carbonyl (C=O) groups excluding carboxylic acids is 1. The third kappa shape index (κ3) is 6.74. The number of carbonyl (C=O) groups is 1. The number of methoxy groups -OCH3 is 1. The third-order valence-electron chi connectivity index (χ3n) is 8.58. The molecule has 4 nitrogen and oxygen atoms in total. The van der Waals surface area contributed by atoms with Gasteiger partial charge in [-0.15, -0.1) is 0 Å². The maximum absolute atomic E-state index is 12.6. The van der Waals surface area contributed by atoms with Crippen molar-refractivity contribution in [3.05, 3.63) is 22.3 Å². The van der Waals surface area contributed by atoms with E-state index < -0.39 is 5.60 Å². The van der Waals surface area contributed by atoms with Crippen LogP contribution in [0.1, 0.15) is 127 Å². The smallest absolute Gasteiger partial charge is 0.310 e. The van der Waals surface area contributed by atoms with Gasteiger partial charge in [-0.05, 0) is 62.5 Å². The van der Waals surface area contributed by atoms with Crippen LogP contribution < -0.4 is 9.47 Å². The third-order valence-corrected chi connectivity index (χ3v) is 8.58. The highest BCUT2D eigenvalue weighted by Gasteiger charge is 2.49. The molecule has 4 heteroatoms. The number of fused-ring (bicyclic) bond motifs is 4. The molecular formula is C31H50O4. The van der Waals surface area contributed by atoms with Crippen molar-refractivity contribution >= 4 is 5.97 Å². The quantitative estimate of drug-likeness (QED) is 0.262. The summed E-state index contributed by atoms with van der Waals surface area (Å²) in [5.74, 6) is 4.04. The van der Waals surface area contributed by atoms with E-state index in [1.807, 2.05) is 0 Å². The molecule has 0 N–H and O–H groups in total. The van der Waals surface area contributed by atoms with Crippen molar-refractivity contribution in [1.82, 2.24) is 0 Å². The van der Waals surface area contributed by atoms with E-state index in [-0.39, 0.29) is 12.1 Å². The Bertz CT molecular complexity index is 873. The summed E-state index contributed by atoms with van der Waals surface area (Å²) < 4.78 is 18.3. The zero-order valence-electron chi connectivity index (χ0n) is 23.7. The Hall–Kier alpha value is -1.71. The van der Waals surface area contributed by atoms with Crippen LogP contribution in [0.2, 0.25) is 0 Å². The van der Waals surface area contributed by atoms with Crippen molar-refractivity contribution < 1.29 is 19.0 Å². The molecule has 0 aliphatic carbocycles. The van der Waals surface area contributed by atoms with Crippen molar-refractivity contribution in [3.63, 3.8) is 0 Å². The molecular weight excluding hydrogens is 436 g/mol. The van der Waals surface area contributed by atoms with Gasteiger partial charge in [-0.25, -0.2) is 0 Å². The van der Waals surface area contributed by atoms with E-state index in [0.717, 1.165) is 64.9 Å². The highest BCUT2D eigenvalue weighted by atomic mass is 16.6. The zero-order valence-corrected chi connectivity index (χ0v) is 23.7. The minimum atomic E-state index is -0.435. The van der Waals surface area contributed by atoms with Crippen LogP contribution in [0.15, 0.2) is 0 Å². The van der Waals surface area contributed by atoms with Gasteiger partial charge in [0, 0.05) is 17.5 Å². The molecule has 2 heterocycles. The number of ether oxygens (including phenoxy) is 3. The molecule has 2 bridgehead atoms. The molecule has 0 unspecified atom stereocenters. The Balaban J connectivity index is 1.55. The summed E-state index contributed by atoms with van der Waals surface area (Å²) in [7, 11) is 1.71. The maximum atomic E-state index is 12.6. The van der Waals surface area contributed by atoms with E-state index in [9.17, 15) is 4.79 Å². The lowest BCUT2D eigenvalue weighted by molar-refractivity contribution is -0.173. The number of hydrogen-bond acceptors (Lipinski definition) is 4. The second-order valence-electron chi connectivity index (χ2n) is 12.2. The van der Waals surface area contributed by atoms with E-state index in [0.29, 0.717) is 12.3 Å². The maximum Gasteiger partial charge on any atom is 0.310 e. The van der Waals surface area contributed by atoms with Gasteiger partial charge >= 0.3 is 5.97 Å². The highest BCUT2D eigenvalue weighted by molar-refractivity contribution is 5.74. The largest absolute Gasteiger partial charge is 0.496 e. The summed E-state index contributed by atoms with van der Waals surface area (Å²) in [6, 6.07) is 0. The van der Waals surface area contributed by atoms with Gasteiger partial charge in [0.2, 0.25) is 0 Å². The highest BCUT2D eigenvalue weighted by Crippen LogP contribution is 2.53. The van der Waals surface area contributed by atoms with Crippen molar-refractivity contribution in [2.24, 2.45) is 17.8 Å². The molecule has 0 spiro atoms. The van der Waals surface area contributed by atoms with Gasteiger partial charge < -0.3 is 14.2 Å². The van der Waals surface area contributed by atoms with Gasteiger partial charge in [-0.3, -0.25) is 4.79 Å². The molecule has 4 atom stereocenters. The Morgan fingerprint density at radius 3 is 2.09 bits per heavy atom. The molecule has 1 fully saturated rings. The number of hydrogen-bond donors (Lipinski definition) is 0. The molecule has 1 saturated heterocycles. The summed E-state index contributed by atoms with van der Waals surface area (Å²) >= 11 is 0. The predicted molar refractivity (Wildman–Crippen MR) is 143 cm³/mol. The lowest BCUT2D eigenvalue weighted by Gasteiger charge is -2.46. The predicted octanol–water partition coefficient (Wildman–Crippen LogP) is 8.57. The first-order valence-corrected chi connectivity index (χ1v) is 14.1. The van der Waals surface area contributed by atoms with Gasteiger partial charge in [0.05, 0.1) is 13.5 Å². The second kappa shape index (κ2) is 12.0. The second-order valence-corrected chi connectivity index (χ2v) is 12.2. The Labute approximate surface area is 214 Å². The first-order valence-electron chi connectivity index (χ1n) is 14.1. The van der Waals surface area contributed by atoms with Crippen molar-refractivity contribution in [2.75, 3.05) is 7.11 Å². The first-order chi connectivity index (χ1) is 16.6. The molecule has 35 heavy (non-hydrogen) atoms. The van der Waals surface area contributed by atoms with Crippen molar-refractivity contribution in [2.45, 2.75) is 131 Å². The van der Waals surface area contributed by atoms with Crippen LogP contribution in [0.3, 0.4) is 0 Å². The van der Waals surface area contributed by atoms with Gasteiger partial charge in [0.1, 0.15) is 23.2 Å². The molecule has 3 rings (SSSR count).